The highest BCUT2D eigenvalue weighted by Gasteiger charge is 2.14. The molecule has 6 heteroatoms. The van der Waals surface area contributed by atoms with Crippen molar-refractivity contribution < 1.29 is 23.5 Å². The molecule has 0 fully saturated rings. The Morgan fingerprint density at radius 3 is 2.61 bits per heavy atom. The lowest BCUT2D eigenvalue weighted by atomic mass is 10.0. The van der Waals surface area contributed by atoms with Gasteiger partial charge in [0.1, 0.15) is 23.5 Å². The van der Waals surface area contributed by atoms with Gasteiger partial charge in [0.15, 0.2) is 0 Å². The number of hydrogen-bond acceptors (Lipinski definition) is 6. The monoisotopic (exact) mass is 378 g/mol. The van der Waals surface area contributed by atoms with Crippen LogP contribution in [0.3, 0.4) is 0 Å². The molecule has 0 bridgehead atoms. The maximum atomic E-state index is 12.3. The van der Waals surface area contributed by atoms with Crippen LogP contribution in [0.4, 0.5) is 0 Å². The first kappa shape index (κ1) is 17.9. The number of benzene rings is 2. The molecule has 0 atom stereocenters. The average Bonchev–Trinajstić information content (AvgIpc) is 3.03. The van der Waals surface area contributed by atoms with Crippen LogP contribution in [0.2, 0.25) is 0 Å². The van der Waals surface area contributed by atoms with E-state index in [2.05, 4.69) is 0 Å². The van der Waals surface area contributed by atoms with Gasteiger partial charge in [-0.1, -0.05) is 0 Å². The normalized spacial score (nSPS) is 11.2. The Balaban J connectivity index is 1.55. The van der Waals surface area contributed by atoms with Crippen LogP contribution in [0, 0.1) is 13.8 Å². The van der Waals surface area contributed by atoms with Crippen molar-refractivity contribution in [2.75, 3.05) is 0 Å². The van der Waals surface area contributed by atoms with Gasteiger partial charge in [-0.2, -0.15) is 0 Å². The van der Waals surface area contributed by atoms with Crippen LogP contribution in [0.25, 0.3) is 21.9 Å². The Morgan fingerprint density at radius 2 is 1.79 bits per heavy atom. The molecule has 6 nitrogen and oxygen atoms in total. The smallest absolute Gasteiger partial charge is 0.336 e. The van der Waals surface area contributed by atoms with Gasteiger partial charge in [-0.3, -0.25) is 4.79 Å². The Bertz CT molecular complexity index is 1260. The average molecular weight is 378 g/mol. The van der Waals surface area contributed by atoms with E-state index in [4.69, 9.17) is 13.6 Å². The van der Waals surface area contributed by atoms with Gasteiger partial charge in [0.25, 0.3) is 0 Å². The van der Waals surface area contributed by atoms with E-state index in [-0.39, 0.29) is 18.8 Å². The number of esters is 1. The third kappa shape index (κ3) is 3.36. The van der Waals surface area contributed by atoms with E-state index in [1.807, 2.05) is 26.0 Å². The molecule has 0 aliphatic carbocycles. The van der Waals surface area contributed by atoms with Crippen LogP contribution in [0.5, 0.6) is 5.75 Å². The minimum absolute atomic E-state index is 0.0231. The van der Waals surface area contributed by atoms with Crippen molar-refractivity contribution in [1.29, 1.82) is 0 Å². The number of phenols is 1. The summed E-state index contributed by atoms with van der Waals surface area (Å²) in [6, 6.07) is 9.80. The molecule has 0 unspecified atom stereocenters. The number of phenolic OH excluding ortho intramolecular Hbond substituents is 1. The molecule has 2 aromatic heterocycles. The fourth-order valence-corrected chi connectivity index (χ4v) is 3.18. The molecule has 1 N–H and O–H groups in total. The molecule has 4 rings (SSSR count). The van der Waals surface area contributed by atoms with E-state index in [1.165, 1.54) is 24.5 Å². The number of aryl methyl sites for hydroxylation is 2. The van der Waals surface area contributed by atoms with E-state index in [1.54, 1.807) is 6.07 Å². The fraction of sp³-hybridized carbons (Fsp3) is 0.182. The van der Waals surface area contributed by atoms with Crippen LogP contribution in [-0.2, 0) is 22.6 Å². The van der Waals surface area contributed by atoms with Crippen LogP contribution in [0.15, 0.2) is 56.3 Å². The van der Waals surface area contributed by atoms with Gasteiger partial charge in [-0.25, -0.2) is 4.79 Å². The maximum Gasteiger partial charge on any atom is 0.336 e. The summed E-state index contributed by atoms with van der Waals surface area (Å²) in [7, 11) is 0. The second kappa shape index (κ2) is 6.88. The third-order valence-corrected chi connectivity index (χ3v) is 4.81. The molecule has 4 aromatic rings. The van der Waals surface area contributed by atoms with E-state index in [0.717, 1.165) is 21.9 Å². The van der Waals surface area contributed by atoms with E-state index < -0.39 is 11.6 Å². The quantitative estimate of drug-likeness (QED) is 0.424. The summed E-state index contributed by atoms with van der Waals surface area (Å²) in [6.45, 7) is 3.88. The van der Waals surface area contributed by atoms with Crippen molar-refractivity contribution in [3.8, 4) is 5.75 Å². The predicted molar refractivity (Wildman–Crippen MR) is 103 cm³/mol. The lowest BCUT2D eigenvalue weighted by Gasteiger charge is -2.09. The molecule has 0 aliphatic heterocycles. The van der Waals surface area contributed by atoms with Gasteiger partial charge in [0.05, 0.1) is 12.7 Å². The van der Waals surface area contributed by atoms with Crippen molar-refractivity contribution >= 4 is 27.9 Å². The minimum atomic E-state index is -0.484. The predicted octanol–water partition coefficient (Wildman–Crippen LogP) is 4.15. The second-order valence-electron chi connectivity index (χ2n) is 6.80. The summed E-state index contributed by atoms with van der Waals surface area (Å²) in [4.78, 5) is 24.2. The molecule has 142 valence electrons. The van der Waals surface area contributed by atoms with E-state index >= 15 is 0 Å². The molecule has 0 saturated carbocycles. The summed E-state index contributed by atoms with van der Waals surface area (Å²) in [5.41, 5.74) is 3.84. The second-order valence-corrected chi connectivity index (χ2v) is 6.80. The maximum absolute atomic E-state index is 12.3. The topological polar surface area (TPSA) is 89.9 Å². The van der Waals surface area contributed by atoms with Crippen molar-refractivity contribution in [3.63, 3.8) is 0 Å². The summed E-state index contributed by atoms with van der Waals surface area (Å²) < 4.78 is 16.0. The first-order chi connectivity index (χ1) is 13.4. The Kier molecular flexibility index (Phi) is 4.39. The molecule has 0 aliphatic rings. The summed E-state index contributed by atoms with van der Waals surface area (Å²) in [5, 5.41) is 11.0. The van der Waals surface area contributed by atoms with Crippen LogP contribution in [-0.4, -0.2) is 11.1 Å². The number of ether oxygens (including phenoxy) is 1. The molecule has 0 spiro atoms. The first-order valence-corrected chi connectivity index (χ1v) is 8.79. The molecule has 0 amide bonds. The summed E-state index contributed by atoms with van der Waals surface area (Å²) in [5.74, 6) is -0.350. The van der Waals surface area contributed by atoms with Crippen molar-refractivity contribution in [2.24, 2.45) is 0 Å². The number of hydrogen-bond donors (Lipinski definition) is 1. The lowest BCUT2D eigenvalue weighted by molar-refractivity contribution is -0.144. The highest BCUT2D eigenvalue weighted by atomic mass is 16.5. The number of fused-ring (bicyclic) bond motifs is 2. The Morgan fingerprint density at radius 1 is 1.00 bits per heavy atom. The number of rotatable bonds is 4. The number of carbonyl (C=O) groups is 1. The van der Waals surface area contributed by atoms with Crippen LogP contribution < -0.4 is 5.63 Å². The zero-order chi connectivity index (χ0) is 19.8. The highest BCUT2D eigenvalue weighted by Crippen LogP contribution is 2.26. The summed E-state index contributed by atoms with van der Waals surface area (Å²) >= 11 is 0. The van der Waals surface area contributed by atoms with Crippen LogP contribution >= 0.6 is 0 Å². The molecule has 2 aromatic carbocycles. The Labute approximate surface area is 160 Å². The third-order valence-electron chi connectivity index (χ3n) is 4.81. The van der Waals surface area contributed by atoms with Crippen molar-refractivity contribution in [2.45, 2.75) is 26.9 Å². The van der Waals surface area contributed by atoms with Gasteiger partial charge >= 0.3 is 11.6 Å². The van der Waals surface area contributed by atoms with E-state index in [9.17, 15) is 14.7 Å². The van der Waals surface area contributed by atoms with E-state index in [0.29, 0.717) is 22.3 Å². The van der Waals surface area contributed by atoms with Gasteiger partial charge in [-0.05, 0) is 49.2 Å². The fourth-order valence-electron chi connectivity index (χ4n) is 3.18. The molecule has 28 heavy (non-hydrogen) atoms. The van der Waals surface area contributed by atoms with Crippen molar-refractivity contribution in [1.82, 2.24) is 0 Å². The lowest BCUT2D eigenvalue weighted by Crippen LogP contribution is -2.10. The van der Waals surface area contributed by atoms with Gasteiger partial charge in [-0.15, -0.1) is 0 Å². The standard InChI is InChI=1S/C22H18O6/c1-12-5-18-15(8-22(25)28-20(18)6-13(12)2)11-27-21(24)7-14-10-26-19-9-16(23)3-4-17(14)19/h3-6,8-10,23H,7,11H2,1-2H3. The molecule has 0 radical (unpaired) electrons. The zero-order valence-electron chi connectivity index (χ0n) is 15.4. The molecule has 2 heterocycles. The van der Waals surface area contributed by atoms with Gasteiger partial charge in [0.2, 0.25) is 0 Å². The molecule has 0 saturated heterocycles. The molecular weight excluding hydrogens is 360 g/mol. The van der Waals surface area contributed by atoms with Crippen molar-refractivity contribution in [3.05, 3.63) is 75.3 Å². The van der Waals surface area contributed by atoms with Gasteiger partial charge in [0, 0.05) is 34.0 Å². The van der Waals surface area contributed by atoms with Crippen LogP contribution in [0.1, 0.15) is 22.3 Å². The molecular formula is C22H18O6. The number of carbonyl (C=O) groups excluding carboxylic acids is 1. The summed E-state index contributed by atoms with van der Waals surface area (Å²) in [6.07, 6.45) is 1.50. The zero-order valence-corrected chi connectivity index (χ0v) is 15.4. The minimum Gasteiger partial charge on any atom is -0.508 e. The SMILES string of the molecule is Cc1cc2oc(=O)cc(COC(=O)Cc3coc4cc(O)ccc34)c2cc1C. The number of furan rings is 1. The van der Waals surface area contributed by atoms with Gasteiger partial charge < -0.3 is 18.7 Å². The first-order valence-electron chi connectivity index (χ1n) is 8.79. The number of aromatic hydroxyl groups is 1. The highest BCUT2D eigenvalue weighted by molar-refractivity contribution is 5.87. The Hall–Kier alpha value is -3.54. The largest absolute Gasteiger partial charge is 0.508 e.